The highest BCUT2D eigenvalue weighted by molar-refractivity contribution is 6.30. The fraction of sp³-hybridized carbons (Fsp3) is 0.667. The Balaban J connectivity index is 1.92. The van der Waals surface area contributed by atoms with Gasteiger partial charge < -0.3 is 5.32 Å². The normalized spacial score (nSPS) is 24.7. The molecule has 3 nitrogen and oxygen atoms in total. The number of nitrogens with zero attached hydrogens (tertiary/aromatic N) is 2. The van der Waals surface area contributed by atoms with Crippen molar-refractivity contribution < 1.29 is 0 Å². The molecule has 1 aliphatic carbocycles. The molecule has 2 rings (SSSR count). The van der Waals surface area contributed by atoms with Gasteiger partial charge in [0.25, 0.3) is 0 Å². The molecule has 0 spiro atoms. The quantitative estimate of drug-likeness (QED) is 0.823. The van der Waals surface area contributed by atoms with Gasteiger partial charge in [0, 0.05) is 12.1 Å². The summed E-state index contributed by atoms with van der Waals surface area (Å²) in [6.07, 6.45) is 5.52. The molecular formula is C12H18ClN3. The highest BCUT2D eigenvalue weighted by Gasteiger charge is 2.21. The molecule has 2 atom stereocenters. The predicted octanol–water partition coefficient (Wildman–Crippen LogP) is 3.29. The second-order valence-corrected chi connectivity index (χ2v) is 5.16. The van der Waals surface area contributed by atoms with Gasteiger partial charge in [0.2, 0.25) is 0 Å². The molecule has 16 heavy (non-hydrogen) atoms. The van der Waals surface area contributed by atoms with E-state index in [1.165, 1.54) is 25.6 Å². The Morgan fingerprint density at radius 3 is 2.94 bits per heavy atom. The van der Waals surface area contributed by atoms with Crippen LogP contribution in [-0.4, -0.2) is 16.5 Å². The number of hydrogen-bond acceptors (Lipinski definition) is 3. The average Bonchev–Trinajstić information content (AvgIpc) is 2.67. The molecule has 1 aromatic rings. The summed E-state index contributed by atoms with van der Waals surface area (Å²) in [5.41, 5.74) is 0.940. The van der Waals surface area contributed by atoms with Gasteiger partial charge in [0.1, 0.15) is 17.3 Å². The lowest BCUT2D eigenvalue weighted by Crippen LogP contribution is -2.13. The van der Waals surface area contributed by atoms with E-state index in [9.17, 15) is 0 Å². The largest absolute Gasteiger partial charge is 0.369 e. The molecule has 1 aromatic heterocycles. The molecule has 1 aliphatic rings. The maximum absolute atomic E-state index is 5.94. The lowest BCUT2D eigenvalue weighted by molar-refractivity contribution is 0.536. The van der Waals surface area contributed by atoms with E-state index >= 15 is 0 Å². The molecule has 0 aliphatic heterocycles. The summed E-state index contributed by atoms with van der Waals surface area (Å²) >= 11 is 5.94. The van der Waals surface area contributed by atoms with E-state index in [2.05, 4.69) is 22.2 Å². The number of aromatic nitrogens is 2. The Hall–Kier alpha value is -0.830. The van der Waals surface area contributed by atoms with Gasteiger partial charge >= 0.3 is 0 Å². The Morgan fingerprint density at radius 2 is 2.25 bits per heavy atom. The number of rotatable bonds is 3. The van der Waals surface area contributed by atoms with Crippen LogP contribution < -0.4 is 5.32 Å². The zero-order valence-corrected chi connectivity index (χ0v) is 10.6. The minimum atomic E-state index is 0.539. The summed E-state index contributed by atoms with van der Waals surface area (Å²) in [5, 5.41) is 3.92. The van der Waals surface area contributed by atoms with E-state index in [1.54, 1.807) is 0 Å². The van der Waals surface area contributed by atoms with E-state index in [4.69, 9.17) is 11.6 Å². The first-order valence-corrected chi connectivity index (χ1v) is 6.25. The lowest BCUT2D eigenvalue weighted by atomic mass is 10.1. The molecule has 0 bridgehead atoms. The van der Waals surface area contributed by atoms with Crippen LogP contribution >= 0.6 is 11.6 Å². The summed E-state index contributed by atoms with van der Waals surface area (Å²) in [7, 11) is 0. The first-order chi connectivity index (χ1) is 7.66. The summed E-state index contributed by atoms with van der Waals surface area (Å²) in [4.78, 5) is 8.16. The molecule has 0 amide bonds. The third-order valence-electron chi connectivity index (χ3n) is 3.38. The topological polar surface area (TPSA) is 37.8 Å². The standard InChI is InChI=1S/C12H18ClN3/c1-8-3-4-10(5-8)6-14-12-9(2)11(13)15-7-16-12/h7-8,10H,3-6H2,1-2H3,(H,14,15,16). The van der Waals surface area contributed by atoms with Gasteiger partial charge in [-0.3, -0.25) is 0 Å². The van der Waals surface area contributed by atoms with Crippen molar-refractivity contribution in [2.24, 2.45) is 11.8 Å². The van der Waals surface area contributed by atoms with Crippen molar-refractivity contribution in [1.29, 1.82) is 0 Å². The third kappa shape index (κ3) is 2.64. The van der Waals surface area contributed by atoms with Crippen molar-refractivity contribution in [1.82, 2.24) is 9.97 Å². The van der Waals surface area contributed by atoms with E-state index in [-0.39, 0.29) is 0 Å². The minimum absolute atomic E-state index is 0.539. The molecule has 1 heterocycles. The van der Waals surface area contributed by atoms with E-state index in [0.29, 0.717) is 5.15 Å². The summed E-state index contributed by atoms with van der Waals surface area (Å²) in [6, 6.07) is 0. The second-order valence-electron chi connectivity index (χ2n) is 4.80. The maximum Gasteiger partial charge on any atom is 0.137 e. The molecule has 1 N–H and O–H groups in total. The summed E-state index contributed by atoms with van der Waals surface area (Å²) in [5.74, 6) is 2.53. The van der Waals surface area contributed by atoms with Crippen LogP contribution in [0.2, 0.25) is 5.15 Å². The Morgan fingerprint density at radius 1 is 1.44 bits per heavy atom. The Labute approximate surface area is 102 Å². The van der Waals surface area contributed by atoms with Crippen molar-refractivity contribution in [3.8, 4) is 0 Å². The smallest absolute Gasteiger partial charge is 0.137 e. The van der Waals surface area contributed by atoms with Gasteiger partial charge in [-0.15, -0.1) is 0 Å². The van der Waals surface area contributed by atoms with Crippen LogP contribution in [0, 0.1) is 18.8 Å². The lowest BCUT2D eigenvalue weighted by Gasteiger charge is -2.13. The minimum Gasteiger partial charge on any atom is -0.369 e. The number of anilines is 1. The number of halogens is 1. The predicted molar refractivity (Wildman–Crippen MR) is 66.8 cm³/mol. The van der Waals surface area contributed by atoms with Crippen LogP contribution in [0.3, 0.4) is 0 Å². The molecule has 4 heteroatoms. The Bertz CT molecular complexity index is 367. The van der Waals surface area contributed by atoms with Gasteiger partial charge in [-0.25, -0.2) is 9.97 Å². The Kier molecular flexibility index (Phi) is 3.64. The van der Waals surface area contributed by atoms with Crippen molar-refractivity contribution >= 4 is 17.4 Å². The van der Waals surface area contributed by atoms with Crippen LogP contribution in [-0.2, 0) is 0 Å². The summed E-state index contributed by atoms with van der Waals surface area (Å²) in [6.45, 7) is 5.27. The van der Waals surface area contributed by atoms with Gasteiger partial charge in [-0.1, -0.05) is 24.9 Å². The average molecular weight is 240 g/mol. The molecule has 0 aromatic carbocycles. The van der Waals surface area contributed by atoms with Gasteiger partial charge in [0.15, 0.2) is 0 Å². The van der Waals surface area contributed by atoms with Crippen LogP contribution in [0.1, 0.15) is 31.7 Å². The molecule has 88 valence electrons. The highest BCUT2D eigenvalue weighted by Crippen LogP contribution is 2.30. The van der Waals surface area contributed by atoms with Crippen molar-refractivity contribution in [2.75, 3.05) is 11.9 Å². The van der Waals surface area contributed by atoms with E-state index in [0.717, 1.165) is 29.8 Å². The van der Waals surface area contributed by atoms with Gasteiger partial charge in [-0.05, 0) is 31.6 Å². The fourth-order valence-corrected chi connectivity index (χ4v) is 2.49. The van der Waals surface area contributed by atoms with E-state index < -0.39 is 0 Å². The maximum atomic E-state index is 5.94. The highest BCUT2D eigenvalue weighted by atomic mass is 35.5. The first-order valence-electron chi connectivity index (χ1n) is 5.87. The van der Waals surface area contributed by atoms with Crippen molar-refractivity contribution in [3.05, 3.63) is 17.0 Å². The van der Waals surface area contributed by atoms with Crippen LogP contribution in [0.15, 0.2) is 6.33 Å². The molecule has 1 saturated carbocycles. The van der Waals surface area contributed by atoms with Crippen LogP contribution in [0.5, 0.6) is 0 Å². The number of hydrogen-bond donors (Lipinski definition) is 1. The van der Waals surface area contributed by atoms with Crippen LogP contribution in [0.25, 0.3) is 0 Å². The summed E-state index contributed by atoms with van der Waals surface area (Å²) < 4.78 is 0. The molecular weight excluding hydrogens is 222 g/mol. The van der Waals surface area contributed by atoms with Crippen LogP contribution in [0.4, 0.5) is 5.82 Å². The molecule has 0 saturated heterocycles. The zero-order chi connectivity index (χ0) is 11.5. The monoisotopic (exact) mass is 239 g/mol. The third-order valence-corrected chi connectivity index (χ3v) is 3.77. The number of nitrogens with one attached hydrogen (secondary N) is 1. The zero-order valence-electron chi connectivity index (χ0n) is 9.83. The van der Waals surface area contributed by atoms with Crippen molar-refractivity contribution in [3.63, 3.8) is 0 Å². The van der Waals surface area contributed by atoms with Crippen molar-refractivity contribution in [2.45, 2.75) is 33.1 Å². The van der Waals surface area contributed by atoms with Gasteiger partial charge in [0.05, 0.1) is 0 Å². The molecule has 2 unspecified atom stereocenters. The van der Waals surface area contributed by atoms with Gasteiger partial charge in [-0.2, -0.15) is 0 Å². The van der Waals surface area contributed by atoms with E-state index in [1.807, 2.05) is 6.92 Å². The first kappa shape index (κ1) is 11.6. The molecule has 1 fully saturated rings. The fourth-order valence-electron chi connectivity index (χ4n) is 2.36. The SMILES string of the molecule is Cc1c(Cl)ncnc1NCC1CCC(C)C1. The molecule has 0 radical (unpaired) electrons. The second kappa shape index (κ2) is 5.00.